The molecule has 0 saturated carbocycles. The van der Waals surface area contributed by atoms with Crippen LogP contribution in [0.4, 0.5) is 9.18 Å². The number of rotatable bonds is 4. The van der Waals surface area contributed by atoms with Crippen molar-refractivity contribution in [2.24, 2.45) is 0 Å². The maximum Gasteiger partial charge on any atom is 0.293 e. The number of carbonyl (C=O) groups is 2. The van der Waals surface area contributed by atoms with Crippen LogP contribution < -0.4 is 4.74 Å². The highest BCUT2D eigenvalue weighted by molar-refractivity contribution is 9.10. The highest BCUT2D eigenvalue weighted by atomic mass is 79.9. The third kappa shape index (κ3) is 3.96. The van der Waals surface area contributed by atoms with Crippen molar-refractivity contribution in [2.75, 3.05) is 7.05 Å². The Morgan fingerprint density at radius 3 is 2.63 bits per heavy atom. The summed E-state index contributed by atoms with van der Waals surface area (Å²) >= 11 is 3.80. The summed E-state index contributed by atoms with van der Waals surface area (Å²) in [5, 5.41) is 9.59. The van der Waals surface area contributed by atoms with Crippen LogP contribution in [-0.2, 0) is 11.4 Å². The molecule has 3 rings (SSSR count). The fourth-order valence-corrected chi connectivity index (χ4v) is 3.40. The van der Waals surface area contributed by atoms with Gasteiger partial charge in [0, 0.05) is 25.0 Å². The second kappa shape index (κ2) is 7.65. The number of thioether (sulfide) groups is 1. The van der Waals surface area contributed by atoms with Gasteiger partial charge in [-0.25, -0.2) is 14.4 Å². The third-order valence-electron chi connectivity index (χ3n) is 3.68. The van der Waals surface area contributed by atoms with Crippen LogP contribution in [0, 0.1) is 12.7 Å². The molecule has 1 fully saturated rings. The summed E-state index contributed by atoms with van der Waals surface area (Å²) in [6.45, 7) is 1.75. The Labute approximate surface area is 166 Å². The molecule has 27 heavy (non-hydrogen) atoms. The van der Waals surface area contributed by atoms with E-state index in [0.29, 0.717) is 11.4 Å². The maximum absolute atomic E-state index is 14.4. The number of phenols is 1. The van der Waals surface area contributed by atoms with E-state index in [4.69, 9.17) is 4.74 Å². The Balaban J connectivity index is 1.91. The van der Waals surface area contributed by atoms with E-state index in [1.54, 1.807) is 19.3 Å². The van der Waals surface area contributed by atoms with E-state index in [-0.39, 0.29) is 27.3 Å². The molecule has 140 valence electrons. The molecule has 0 unspecified atom stereocenters. The van der Waals surface area contributed by atoms with Crippen LogP contribution >= 0.6 is 27.7 Å². The zero-order chi connectivity index (χ0) is 19.7. The highest BCUT2D eigenvalue weighted by Crippen LogP contribution is 2.40. The molecule has 1 aliphatic rings. The second-order valence-corrected chi connectivity index (χ2v) is 7.39. The SMILES string of the molecule is Cc1ncc(COc2cc(/C=C3\SC(=O)N(C)C3=O)c(Br)c(F)c2O)cn1. The van der Waals surface area contributed by atoms with Gasteiger partial charge in [0.25, 0.3) is 11.1 Å². The topological polar surface area (TPSA) is 92.6 Å². The summed E-state index contributed by atoms with van der Waals surface area (Å²) in [6.07, 6.45) is 4.49. The van der Waals surface area contributed by atoms with Gasteiger partial charge in [-0.3, -0.25) is 14.5 Å². The van der Waals surface area contributed by atoms with E-state index >= 15 is 0 Å². The monoisotopic (exact) mass is 453 g/mol. The Kier molecular flexibility index (Phi) is 5.47. The molecule has 2 heterocycles. The van der Waals surface area contributed by atoms with Gasteiger partial charge in [0.05, 0.1) is 9.38 Å². The molecule has 1 N–H and O–H groups in total. The van der Waals surface area contributed by atoms with Gasteiger partial charge in [0.15, 0.2) is 17.3 Å². The van der Waals surface area contributed by atoms with Crippen molar-refractivity contribution in [3.63, 3.8) is 0 Å². The highest BCUT2D eigenvalue weighted by Gasteiger charge is 2.32. The number of aryl methyl sites for hydroxylation is 1. The van der Waals surface area contributed by atoms with E-state index in [1.807, 2.05) is 0 Å². The average Bonchev–Trinajstić information content (AvgIpc) is 2.89. The molecule has 7 nitrogen and oxygen atoms in total. The Bertz CT molecular complexity index is 966. The molecule has 1 aromatic heterocycles. The fourth-order valence-electron chi connectivity index (χ4n) is 2.17. The van der Waals surface area contributed by atoms with Crippen molar-refractivity contribution in [1.29, 1.82) is 0 Å². The molecule has 2 amide bonds. The van der Waals surface area contributed by atoms with Crippen molar-refractivity contribution < 1.29 is 23.8 Å². The number of carbonyl (C=O) groups excluding carboxylic acids is 2. The number of aromatic nitrogens is 2. The minimum absolute atomic E-state index is 0.0137. The van der Waals surface area contributed by atoms with Gasteiger partial charge >= 0.3 is 0 Å². The molecule has 0 bridgehead atoms. The summed E-state index contributed by atoms with van der Waals surface area (Å²) in [5.41, 5.74) is 0.886. The normalized spacial score (nSPS) is 15.7. The molecule has 0 atom stereocenters. The van der Waals surface area contributed by atoms with Crippen LogP contribution in [-0.4, -0.2) is 38.2 Å². The Morgan fingerprint density at radius 2 is 2.04 bits per heavy atom. The summed E-state index contributed by atoms with van der Waals surface area (Å²) in [4.78, 5) is 32.8. The van der Waals surface area contributed by atoms with Crippen LogP contribution in [0.25, 0.3) is 6.08 Å². The van der Waals surface area contributed by atoms with Crippen LogP contribution in [0.1, 0.15) is 17.0 Å². The average molecular weight is 454 g/mol. The number of phenolic OH excluding ortho intramolecular Hbond substituents is 1. The zero-order valence-electron chi connectivity index (χ0n) is 14.2. The molecule has 0 aliphatic carbocycles. The van der Waals surface area contributed by atoms with Crippen LogP contribution in [0.2, 0.25) is 0 Å². The van der Waals surface area contributed by atoms with Gasteiger partial charge in [0.1, 0.15) is 12.4 Å². The molecule has 0 spiro atoms. The van der Waals surface area contributed by atoms with Crippen LogP contribution in [0.3, 0.4) is 0 Å². The van der Waals surface area contributed by atoms with Gasteiger partial charge in [-0.05, 0) is 52.3 Å². The number of hydrogen-bond acceptors (Lipinski definition) is 7. The zero-order valence-corrected chi connectivity index (χ0v) is 16.6. The van der Waals surface area contributed by atoms with E-state index in [1.165, 1.54) is 19.2 Å². The number of aromatic hydroxyl groups is 1. The lowest BCUT2D eigenvalue weighted by atomic mass is 10.1. The number of halogens is 2. The molecule has 1 saturated heterocycles. The number of nitrogens with zero attached hydrogens (tertiary/aromatic N) is 3. The van der Waals surface area contributed by atoms with E-state index in [2.05, 4.69) is 25.9 Å². The van der Waals surface area contributed by atoms with Crippen LogP contribution in [0.15, 0.2) is 27.8 Å². The fraction of sp³-hybridized carbons (Fsp3) is 0.176. The quantitative estimate of drug-likeness (QED) is 0.706. The van der Waals surface area contributed by atoms with E-state index in [0.717, 1.165) is 16.7 Å². The lowest BCUT2D eigenvalue weighted by Gasteiger charge is -2.12. The van der Waals surface area contributed by atoms with Crippen molar-refractivity contribution in [3.8, 4) is 11.5 Å². The first-order valence-electron chi connectivity index (χ1n) is 7.60. The number of benzene rings is 1. The van der Waals surface area contributed by atoms with Gasteiger partial charge < -0.3 is 9.84 Å². The van der Waals surface area contributed by atoms with Gasteiger partial charge in [0.2, 0.25) is 0 Å². The number of likely N-dealkylation sites (N-methyl/N-ethyl adjacent to an activating group) is 1. The third-order valence-corrected chi connectivity index (χ3v) is 5.44. The molecular formula is C17H13BrFN3O4S. The minimum atomic E-state index is -0.936. The lowest BCUT2D eigenvalue weighted by Crippen LogP contribution is -2.22. The molecule has 1 aliphatic heterocycles. The molecule has 10 heteroatoms. The van der Waals surface area contributed by atoms with Crippen LogP contribution in [0.5, 0.6) is 11.5 Å². The Morgan fingerprint density at radius 1 is 1.37 bits per heavy atom. The first-order valence-corrected chi connectivity index (χ1v) is 9.21. The number of ether oxygens (including phenoxy) is 1. The summed E-state index contributed by atoms with van der Waals surface area (Å²) < 4.78 is 19.8. The largest absolute Gasteiger partial charge is 0.502 e. The smallest absolute Gasteiger partial charge is 0.293 e. The van der Waals surface area contributed by atoms with Gasteiger partial charge in [-0.15, -0.1) is 0 Å². The van der Waals surface area contributed by atoms with Crippen molar-refractivity contribution in [1.82, 2.24) is 14.9 Å². The second-order valence-electron chi connectivity index (χ2n) is 5.61. The summed E-state index contributed by atoms with van der Waals surface area (Å²) in [6, 6.07) is 1.38. The standard InChI is InChI=1S/C17H13BrFN3O4S/c1-8-20-5-9(6-21-8)7-26-11-3-10(13(18)14(19)15(11)23)4-12-16(24)22(2)17(25)27-12/h3-6,23H,7H2,1-2H3/b12-4-. The van der Waals surface area contributed by atoms with E-state index in [9.17, 15) is 19.1 Å². The number of hydrogen-bond donors (Lipinski definition) is 1. The number of amides is 2. The molecule has 1 aromatic carbocycles. The van der Waals surface area contributed by atoms with E-state index < -0.39 is 22.7 Å². The summed E-state index contributed by atoms with van der Waals surface area (Å²) in [7, 11) is 1.36. The molecular weight excluding hydrogens is 441 g/mol. The van der Waals surface area contributed by atoms with Crippen molar-refractivity contribution >= 4 is 44.9 Å². The van der Waals surface area contributed by atoms with Crippen molar-refractivity contribution in [2.45, 2.75) is 13.5 Å². The maximum atomic E-state index is 14.4. The Hall–Kier alpha value is -2.46. The lowest BCUT2D eigenvalue weighted by molar-refractivity contribution is -0.121. The first-order chi connectivity index (χ1) is 12.8. The summed E-state index contributed by atoms with van der Waals surface area (Å²) in [5.74, 6) is -1.60. The first kappa shape index (κ1) is 19.3. The predicted octanol–water partition coefficient (Wildman–Crippen LogP) is 3.64. The predicted molar refractivity (Wildman–Crippen MR) is 101 cm³/mol. The van der Waals surface area contributed by atoms with Gasteiger partial charge in [-0.1, -0.05) is 0 Å². The van der Waals surface area contributed by atoms with Gasteiger partial charge in [-0.2, -0.15) is 0 Å². The molecule has 2 aromatic rings. The number of imide groups is 1. The minimum Gasteiger partial charge on any atom is -0.502 e. The molecule has 0 radical (unpaired) electrons. The van der Waals surface area contributed by atoms with Crippen molar-refractivity contribution in [3.05, 3.63) is 50.6 Å².